The Morgan fingerprint density at radius 1 is 1.14 bits per heavy atom. The lowest BCUT2D eigenvalue weighted by Gasteiger charge is -2.20. The summed E-state index contributed by atoms with van der Waals surface area (Å²) in [4.78, 5) is 20.4. The Morgan fingerprint density at radius 3 is 2.36 bits per heavy atom. The number of halogens is 2. The summed E-state index contributed by atoms with van der Waals surface area (Å²) in [5.74, 6) is 0.108. The van der Waals surface area contributed by atoms with Gasteiger partial charge in [0.15, 0.2) is 0 Å². The lowest BCUT2D eigenvalue weighted by molar-refractivity contribution is 0.102. The van der Waals surface area contributed by atoms with Crippen LogP contribution in [0.1, 0.15) is 31.1 Å². The van der Waals surface area contributed by atoms with Gasteiger partial charge in [0, 0.05) is 17.9 Å². The van der Waals surface area contributed by atoms with Crippen molar-refractivity contribution in [3.8, 4) is 0 Å². The number of carbonyl (C=O) groups is 1. The second kappa shape index (κ2) is 6.50. The molecule has 0 bridgehead atoms. The minimum absolute atomic E-state index is 0.155. The van der Waals surface area contributed by atoms with Crippen LogP contribution in [0.4, 0.5) is 11.6 Å². The van der Waals surface area contributed by atoms with Gasteiger partial charge in [-0.15, -0.1) is 0 Å². The van der Waals surface area contributed by atoms with Gasteiger partial charge in [0.05, 0.1) is 21.3 Å². The molecule has 0 saturated carbocycles. The van der Waals surface area contributed by atoms with Crippen molar-refractivity contribution in [2.45, 2.75) is 26.3 Å². The van der Waals surface area contributed by atoms with E-state index < -0.39 is 0 Å². The van der Waals surface area contributed by atoms with Crippen molar-refractivity contribution in [3.05, 3.63) is 46.2 Å². The van der Waals surface area contributed by atoms with E-state index in [0.29, 0.717) is 27.2 Å². The fourth-order valence-corrected chi connectivity index (χ4v) is 1.99. The minimum atomic E-state index is -0.355. The molecule has 1 heterocycles. The van der Waals surface area contributed by atoms with Crippen LogP contribution in [0.15, 0.2) is 30.6 Å². The molecule has 0 saturated heterocycles. The summed E-state index contributed by atoms with van der Waals surface area (Å²) in [5.41, 5.74) is 0.615. The van der Waals surface area contributed by atoms with E-state index in [1.807, 2.05) is 20.8 Å². The fourth-order valence-electron chi connectivity index (χ4n) is 1.64. The van der Waals surface area contributed by atoms with Crippen molar-refractivity contribution in [2.75, 3.05) is 10.6 Å². The third-order valence-corrected chi connectivity index (χ3v) is 3.42. The van der Waals surface area contributed by atoms with Gasteiger partial charge in [0.25, 0.3) is 5.91 Å². The SMILES string of the molecule is CC(C)(C)Nc1ncc(C(=O)Nc2cccc(Cl)c2Cl)cn1. The molecule has 0 radical (unpaired) electrons. The quantitative estimate of drug-likeness (QED) is 0.877. The second-order valence-corrected chi connectivity index (χ2v) is 6.51. The molecular formula is C15H16Cl2N4O. The lowest BCUT2D eigenvalue weighted by Crippen LogP contribution is -2.27. The summed E-state index contributed by atoms with van der Waals surface area (Å²) >= 11 is 11.9. The van der Waals surface area contributed by atoms with Gasteiger partial charge in [-0.1, -0.05) is 29.3 Å². The highest BCUT2D eigenvalue weighted by atomic mass is 35.5. The molecule has 1 aromatic carbocycles. The highest BCUT2D eigenvalue weighted by molar-refractivity contribution is 6.44. The van der Waals surface area contributed by atoms with E-state index in [1.165, 1.54) is 12.4 Å². The molecule has 0 aliphatic carbocycles. The number of hydrogen-bond donors (Lipinski definition) is 2. The van der Waals surface area contributed by atoms with Crippen molar-refractivity contribution in [2.24, 2.45) is 0 Å². The average Bonchev–Trinajstić information content (AvgIpc) is 2.43. The van der Waals surface area contributed by atoms with Crippen molar-refractivity contribution < 1.29 is 4.79 Å². The standard InChI is InChI=1S/C15H16Cl2N4O/c1-15(2,3)21-14-18-7-9(8-19-14)13(22)20-11-6-4-5-10(16)12(11)17/h4-8H,1-3H3,(H,20,22)(H,18,19,21). The first-order chi connectivity index (χ1) is 10.3. The van der Waals surface area contributed by atoms with Crippen LogP contribution in [-0.4, -0.2) is 21.4 Å². The zero-order valence-electron chi connectivity index (χ0n) is 12.4. The van der Waals surface area contributed by atoms with Gasteiger partial charge >= 0.3 is 0 Å². The van der Waals surface area contributed by atoms with Crippen LogP contribution in [0.5, 0.6) is 0 Å². The normalized spacial score (nSPS) is 11.1. The molecule has 0 atom stereocenters. The predicted molar refractivity (Wildman–Crippen MR) is 89.8 cm³/mol. The Kier molecular flexibility index (Phi) is 4.88. The number of aromatic nitrogens is 2. The molecule has 0 aliphatic rings. The van der Waals surface area contributed by atoms with Gasteiger partial charge in [0.2, 0.25) is 5.95 Å². The molecule has 116 valence electrons. The first-order valence-corrected chi connectivity index (χ1v) is 7.37. The van der Waals surface area contributed by atoms with Gasteiger partial charge in [-0.2, -0.15) is 0 Å². The van der Waals surface area contributed by atoms with Crippen LogP contribution in [0.2, 0.25) is 10.0 Å². The van der Waals surface area contributed by atoms with Gasteiger partial charge in [-0.25, -0.2) is 9.97 Å². The summed E-state index contributed by atoms with van der Waals surface area (Å²) in [6, 6.07) is 5.02. The number of carbonyl (C=O) groups excluding carboxylic acids is 1. The third kappa shape index (κ3) is 4.32. The molecule has 2 N–H and O–H groups in total. The molecule has 0 spiro atoms. The van der Waals surface area contributed by atoms with E-state index in [4.69, 9.17) is 23.2 Å². The zero-order chi connectivity index (χ0) is 16.3. The van der Waals surface area contributed by atoms with Crippen LogP contribution in [0, 0.1) is 0 Å². The van der Waals surface area contributed by atoms with Crippen LogP contribution in [-0.2, 0) is 0 Å². The summed E-state index contributed by atoms with van der Waals surface area (Å²) in [5, 5.41) is 6.47. The van der Waals surface area contributed by atoms with Crippen molar-refractivity contribution in [1.29, 1.82) is 0 Å². The molecular weight excluding hydrogens is 323 g/mol. The largest absolute Gasteiger partial charge is 0.350 e. The summed E-state index contributed by atoms with van der Waals surface area (Å²) in [7, 11) is 0. The minimum Gasteiger partial charge on any atom is -0.350 e. The van der Waals surface area contributed by atoms with Gasteiger partial charge < -0.3 is 10.6 Å². The molecule has 2 rings (SSSR count). The first kappa shape index (κ1) is 16.5. The van der Waals surface area contributed by atoms with Crippen molar-refractivity contribution >= 4 is 40.7 Å². The molecule has 22 heavy (non-hydrogen) atoms. The van der Waals surface area contributed by atoms with E-state index in [-0.39, 0.29) is 11.4 Å². The van der Waals surface area contributed by atoms with Crippen LogP contribution in [0.3, 0.4) is 0 Å². The zero-order valence-corrected chi connectivity index (χ0v) is 14.0. The Morgan fingerprint density at radius 2 is 1.77 bits per heavy atom. The molecule has 0 fully saturated rings. The molecule has 0 aliphatic heterocycles. The Balaban J connectivity index is 2.12. The monoisotopic (exact) mass is 338 g/mol. The topological polar surface area (TPSA) is 66.9 Å². The van der Waals surface area contributed by atoms with E-state index in [1.54, 1.807) is 18.2 Å². The molecule has 2 aromatic rings. The Labute approximate surface area is 139 Å². The van der Waals surface area contributed by atoms with Gasteiger partial charge in [0.1, 0.15) is 0 Å². The highest BCUT2D eigenvalue weighted by Gasteiger charge is 2.13. The second-order valence-electron chi connectivity index (χ2n) is 5.73. The number of nitrogens with zero attached hydrogens (tertiary/aromatic N) is 2. The summed E-state index contributed by atoms with van der Waals surface area (Å²) < 4.78 is 0. The molecule has 7 heteroatoms. The highest BCUT2D eigenvalue weighted by Crippen LogP contribution is 2.29. The maximum Gasteiger partial charge on any atom is 0.258 e. The van der Waals surface area contributed by atoms with Crippen LogP contribution < -0.4 is 10.6 Å². The van der Waals surface area contributed by atoms with Gasteiger partial charge in [-0.3, -0.25) is 4.79 Å². The Bertz CT molecular complexity index is 681. The van der Waals surface area contributed by atoms with E-state index in [2.05, 4.69) is 20.6 Å². The predicted octanol–water partition coefficient (Wildman–Crippen LogP) is 4.25. The maximum atomic E-state index is 12.2. The van der Waals surface area contributed by atoms with Gasteiger partial charge in [-0.05, 0) is 32.9 Å². The maximum absolute atomic E-state index is 12.2. The molecule has 1 aromatic heterocycles. The third-order valence-electron chi connectivity index (χ3n) is 2.60. The van der Waals surface area contributed by atoms with E-state index >= 15 is 0 Å². The van der Waals surface area contributed by atoms with E-state index in [0.717, 1.165) is 0 Å². The molecule has 5 nitrogen and oxygen atoms in total. The lowest BCUT2D eigenvalue weighted by atomic mass is 10.1. The number of hydrogen-bond acceptors (Lipinski definition) is 4. The number of rotatable bonds is 3. The number of nitrogens with one attached hydrogen (secondary N) is 2. The molecule has 0 unspecified atom stereocenters. The van der Waals surface area contributed by atoms with E-state index in [9.17, 15) is 4.79 Å². The molecule has 1 amide bonds. The number of benzene rings is 1. The number of anilines is 2. The summed E-state index contributed by atoms with van der Waals surface area (Å²) in [6.45, 7) is 5.99. The van der Waals surface area contributed by atoms with Crippen LogP contribution >= 0.6 is 23.2 Å². The van der Waals surface area contributed by atoms with Crippen LogP contribution in [0.25, 0.3) is 0 Å². The van der Waals surface area contributed by atoms with Crippen molar-refractivity contribution in [3.63, 3.8) is 0 Å². The van der Waals surface area contributed by atoms with Crippen molar-refractivity contribution in [1.82, 2.24) is 9.97 Å². The number of amides is 1. The first-order valence-electron chi connectivity index (χ1n) is 6.62. The average molecular weight is 339 g/mol. The fraction of sp³-hybridized carbons (Fsp3) is 0.267. The Hall–Kier alpha value is -1.85. The summed E-state index contributed by atoms with van der Waals surface area (Å²) in [6.07, 6.45) is 2.91. The smallest absolute Gasteiger partial charge is 0.258 e.